The number of hydrogen-bond acceptors (Lipinski definition) is 9. The monoisotopic (exact) mass is 476 g/mol. The molecule has 0 unspecified atom stereocenters. The molecule has 12 heteroatoms. The summed E-state index contributed by atoms with van der Waals surface area (Å²) in [7, 11) is -3.49. The van der Waals surface area contributed by atoms with Crippen molar-refractivity contribution in [3.63, 3.8) is 0 Å². The van der Waals surface area contributed by atoms with Crippen molar-refractivity contribution in [2.75, 3.05) is 11.6 Å². The minimum atomic E-state index is -3.49. The minimum absolute atomic E-state index is 0. The van der Waals surface area contributed by atoms with Crippen LogP contribution in [0.5, 0.6) is 5.75 Å². The number of phenolic OH excluding ortho intramolecular Hbond substituents is 1. The molecule has 0 bridgehead atoms. The Labute approximate surface area is 204 Å². The van der Waals surface area contributed by atoms with Crippen LogP contribution in [0.25, 0.3) is 10.8 Å². The molecule has 3 aromatic rings. The molecule has 0 saturated carbocycles. The van der Waals surface area contributed by atoms with Crippen LogP contribution in [0.4, 0.5) is 11.4 Å². The van der Waals surface area contributed by atoms with Crippen molar-refractivity contribution < 1.29 is 57.7 Å². The molecule has 3 aromatic carbocycles. The maximum Gasteiger partial charge on any atom is 1.00 e. The Bertz CT molecular complexity index is 1160. The Hall–Kier alpha value is -1.21. The molecule has 0 aliphatic carbocycles. The number of benzene rings is 3. The molecule has 0 spiro atoms. The van der Waals surface area contributed by atoms with Crippen LogP contribution in [-0.2, 0) is 19.2 Å². The molecule has 0 aromatic heterocycles. The Kier molecular flexibility index (Phi) is 9.54. The average molecular weight is 477 g/mol. The minimum Gasteiger partial charge on any atom is -0.691 e. The van der Waals surface area contributed by atoms with Gasteiger partial charge in [-0.1, -0.05) is 12.1 Å². The van der Waals surface area contributed by atoms with E-state index in [0.717, 1.165) is 12.0 Å². The van der Waals surface area contributed by atoms with Crippen LogP contribution in [-0.4, -0.2) is 25.2 Å². The summed E-state index contributed by atoms with van der Waals surface area (Å²) in [6, 6.07) is 14.3. The number of azo groups is 1. The van der Waals surface area contributed by atoms with Gasteiger partial charge in [0.2, 0.25) is 0 Å². The van der Waals surface area contributed by atoms with Crippen LogP contribution < -0.4 is 34.8 Å². The van der Waals surface area contributed by atoms with E-state index in [1.807, 2.05) is 0 Å². The molecule has 0 heterocycles. The van der Waals surface area contributed by atoms with Gasteiger partial charge in [-0.15, -0.1) is 16.7 Å². The molecule has 152 valence electrons. The summed E-state index contributed by atoms with van der Waals surface area (Å²) in [5.41, 5.74) is 0.535. The predicted molar refractivity (Wildman–Crippen MR) is 107 cm³/mol. The first-order valence-electron chi connectivity index (χ1n) is 8.14. The SMILES string of the molecule is O=S(=O)(CCCl)c1cccc(N=Nc2ccc3cc(SOO[O-])ccc3c2O)c1.[Na+]. The van der Waals surface area contributed by atoms with Crippen LogP contribution in [0, 0.1) is 0 Å². The van der Waals surface area contributed by atoms with E-state index in [9.17, 15) is 18.8 Å². The number of aromatic hydroxyl groups is 1. The van der Waals surface area contributed by atoms with Crippen molar-refractivity contribution in [3.8, 4) is 5.75 Å². The molecular formula is C18H14ClN2NaO6S2. The molecule has 0 radical (unpaired) electrons. The van der Waals surface area contributed by atoms with E-state index < -0.39 is 9.84 Å². The maximum absolute atomic E-state index is 12.1. The van der Waals surface area contributed by atoms with Gasteiger partial charge >= 0.3 is 29.6 Å². The van der Waals surface area contributed by atoms with Gasteiger partial charge in [0, 0.05) is 16.2 Å². The zero-order chi connectivity index (χ0) is 20.9. The van der Waals surface area contributed by atoms with Crippen LogP contribution in [0.15, 0.2) is 74.6 Å². The summed E-state index contributed by atoms with van der Waals surface area (Å²) < 4.78 is 28.5. The third-order valence-corrected chi connectivity index (χ3v) is 6.59. The molecule has 0 aliphatic rings. The van der Waals surface area contributed by atoms with E-state index in [2.05, 4.69) is 19.6 Å². The van der Waals surface area contributed by atoms with Crippen molar-refractivity contribution >= 4 is 55.6 Å². The van der Waals surface area contributed by atoms with Crippen molar-refractivity contribution in [2.24, 2.45) is 10.2 Å². The normalized spacial score (nSPS) is 11.7. The third-order valence-electron chi connectivity index (χ3n) is 3.90. The van der Waals surface area contributed by atoms with E-state index in [4.69, 9.17) is 11.6 Å². The molecule has 0 atom stereocenters. The van der Waals surface area contributed by atoms with Gasteiger partial charge < -0.3 is 10.4 Å². The first-order chi connectivity index (χ1) is 13.9. The third kappa shape index (κ3) is 6.16. The number of alkyl halides is 1. The summed E-state index contributed by atoms with van der Waals surface area (Å²) in [4.78, 5) is 0.712. The number of rotatable bonds is 8. The zero-order valence-electron chi connectivity index (χ0n) is 15.7. The van der Waals surface area contributed by atoms with Crippen LogP contribution in [0.3, 0.4) is 0 Å². The van der Waals surface area contributed by atoms with Crippen LogP contribution in [0.1, 0.15) is 0 Å². The number of halogens is 1. The quantitative estimate of drug-likeness (QED) is 0.129. The Morgan fingerprint density at radius 2 is 1.90 bits per heavy atom. The fraction of sp³-hybridized carbons (Fsp3) is 0.111. The van der Waals surface area contributed by atoms with Gasteiger partial charge in [-0.2, -0.15) is 9.45 Å². The molecule has 8 nitrogen and oxygen atoms in total. The molecule has 0 saturated heterocycles. The first-order valence-corrected chi connectivity index (χ1v) is 11.1. The van der Waals surface area contributed by atoms with Gasteiger partial charge in [-0.25, -0.2) is 8.42 Å². The van der Waals surface area contributed by atoms with Gasteiger partial charge in [-0.3, -0.25) is 5.04 Å². The predicted octanol–water partition coefficient (Wildman–Crippen LogP) is 1.21. The second kappa shape index (κ2) is 11.4. The summed E-state index contributed by atoms with van der Waals surface area (Å²) in [5.74, 6) is -0.267. The van der Waals surface area contributed by atoms with Crippen molar-refractivity contribution in [1.29, 1.82) is 0 Å². The number of hydrogen-bond donors (Lipinski definition) is 1. The van der Waals surface area contributed by atoms with Crippen LogP contribution in [0.2, 0.25) is 0 Å². The van der Waals surface area contributed by atoms with Gasteiger partial charge in [0.1, 0.15) is 5.69 Å². The molecule has 0 fully saturated rings. The average Bonchev–Trinajstić information content (AvgIpc) is 2.72. The van der Waals surface area contributed by atoms with Gasteiger partial charge in [0.25, 0.3) is 0 Å². The molecular weight excluding hydrogens is 463 g/mol. The van der Waals surface area contributed by atoms with E-state index >= 15 is 0 Å². The largest absolute Gasteiger partial charge is 1.00 e. The topological polar surface area (TPSA) is 121 Å². The van der Waals surface area contributed by atoms with Gasteiger partial charge in [0.15, 0.2) is 15.6 Å². The number of phenols is 1. The second-order valence-electron chi connectivity index (χ2n) is 5.74. The molecule has 3 rings (SSSR count). The van der Waals surface area contributed by atoms with Gasteiger partial charge in [0.05, 0.1) is 28.4 Å². The number of nitrogens with zero attached hydrogens (tertiary/aromatic N) is 2. The van der Waals surface area contributed by atoms with E-state index in [1.165, 1.54) is 12.1 Å². The zero-order valence-corrected chi connectivity index (χ0v) is 20.1. The Balaban J connectivity index is 0.00000320. The Morgan fingerprint density at radius 1 is 1.10 bits per heavy atom. The molecule has 0 aliphatic heterocycles. The summed E-state index contributed by atoms with van der Waals surface area (Å²) >= 11 is 6.28. The van der Waals surface area contributed by atoms with Crippen molar-refractivity contribution in [2.45, 2.75) is 9.79 Å². The standard InChI is InChI=1S/C18H15ClN2O6S2.Na/c19-8-9-29(24,25)15-3-1-2-13(11-15)20-21-17-7-4-12-10-14(28-27-26-23)5-6-16(12)18(17)22;/h1-7,10-11,22-23H,8-9H2;/q;+1/p-1. The van der Waals surface area contributed by atoms with Crippen molar-refractivity contribution in [1.82, 2.24) is 0 Å². The smallest absolute Gasteiger partial charge is 0.691 e. The van der Waals surface area contributed by atoms with Crippen LogP contribution >= 0.6 is 23.6 Å². The Morgan fingerprint density at radius 3 is 2.63 bits per heavy atom. The fourth-order valence-corrected chi connectivity index (χ4v) is 4.58. The molecule has 30 heavy (non-hydrogen) atoms. The summed E-state index contributed by atoms with van der Waals surface area (Å²) in [6.07, 6.45) is 0. The molecule has 0 amide bonds. The van der Waals surface area contributed by atoms with E-state index in [0.29, 0.717) is 21.4 Å². The maximum atomic E-state index is 12.1. The first kappa shape index (κ1) is 25.1. The van der Waals surface area contributed by atoms with E-state index in [1.54, 1.807) is 42.5 Å². The fourth-order valence-electron chi connectivity index (χ4n) is 2.54. The summed E-state index contributed by atoms with van der Waals surface area (Å²) in [5, 5.41) is 33.0. The number of fused-ring (bicyclic) bond motifs is 1. The van der Waals surface area contributed by atoms with Gasteiger partial charge in [-0.05, 0) is 47.9 Å². The second-order valence-corrected chi connectivity index (χ2v) is 9.00. The van der Waals surface area contributed by atoms with Crippen molar-refractivity contribution in [3.05, 3.63) is 54.6 Å². The summed E-state index contributed by atoms with van der Waals surface area (Å²) in [6.45, 7) is 0. The van der Waals surface area contributed by atoms with E-state index in [-0.39, 0.29) is 57.5 Å². The number of sulfone groups is 1. The molecule has 1 N–H and O–H groups in total.